The van der Waals surface area contributed by atoms with Crippen molar-refractivity contribution in [3.05, 3.63) is 33.3 Å². The highest BCUT2D eigenvalue weighted by molar-refractivity contribution is 9.10. The first kappa shape index (κ1) is 17.2. The molecule has 130 valence electrons. The van der Waals surface area contributed by atoms with Crippen LogP contribution in [0.3, 0.4) is 0 Å². The van der Waals surface area contributed by atoms with Gasteiger partial charge in [0.1, 0.15) is 5.69 Å². The average molecular weight is 395 g/mol. The molecule has 8 heteroatoms. The fourth-order valence-electron chi connectivity index (χ4n) is 3.06. The van der Waals surface area contributed by atoms with E-state index in [2.05, 4.69) is 38.0 Å². The normalized spacial score (nSPS) is 16.0. The highest BCUT2D eigenvalue weighted by Crippen LogP contribution is 2.22. The second kappa shape index (κ2) is 6.68. The van der Waals surface area contributed by atoms with Gasteiger partial charge in [-0.15, -0.1) is 0 Å². The molecule has 0 spiro atoms. The van der Waals surface area contributed by atoms with Crippen LogP contribution in [0.4, 0.5) is 0 Å². The van der Waals surface area contributed by atoms with Crippen LogP contribution >= 0.6 is 15.9 Å². The van der Waals surface area contributed by atoms with Gasteiger partial charge in [0.15, 0.2) is 0 Å². The molecule has 1 amide bonds. The predicted octanol–water partition coefficient (Wildman–Crippen LogP) is 1.49. The van der Waals surface area contributed by atoms with E-state index in [1.54, 1.807) is 4.68 Å². The van der Waals surface area contributed by atoms with Gasteiger partial charge < -0.3 is 4.90 Å². The Hall–Kier alpha value is -1.67. The van der Waals surface area contributed by atoms with Crippen molar-refractivity contribution in [1.29, 1.82) is 0 Å². The van der Waals surface area contributed by atoms with Crippen molar-refractivity contribution in [2.24, 2.45) is 14.1 Å². The fraction of sp³-hybridized carbons (Fsp3) is 0.562. The molecule has 3 heterocycles. The Morgan fingerprint density at radius 1 is 1.17 bits per heavy atom. The number of carbonyl (C=O) groups excluding carboxylic acids is 1. The van der Waals surface area contributed by atoms with Crippen molar-refractivity contribution in [3.63, 3.8) is 0 Å². The minimum Gasteiger partial charge on any atom is -0.335 e. The van der Waals surface area contributed by atoms with Gasteiger partial charge in [-0.2, -0.15) is 10.2 Å². The largest absolute Gasteiger partial charge is 0.335 e. The number of rotatable bonds is 3. The number of hydrogen-bond acceptors (Lipinski definition) is 4. The third kappa shape index (κ3) is 3.12. The number of carbonyl (C=O) groups is 1. The van der Waals surface area contributed by atoms with Crippen LogP contribution in [0.5, 0.6) is 0 Å². The summed E-state index contributed by atoms with van der Waals surface area (Å²) in [6, 6.07) is 0. The molecule has 1 aliphatic rings. The molecular weight excluding hydrogens is 372 g/mol. The molecule has 1 fully saturated rings. The number of hydrogen-bond donors (Lipinski definition) is 0. The molecule has 0 N–H and O–H groups in total. The molecule has 24 heavy (non-hydrogen) atoms. The van der Waals surface area contributed by atoms with Gasteiger partial charge in [0.25, 0.3) is 5.91 Å². The summed E-state index contributed by atoms with van der Waals surface area (Å²) in [7, 11) is 3.77. The zero-order chi connectivity index (χ0) is 17.4. The van der Waals surface area contributed by atoms with Crippen molar-refractivity contribution < 1.29 is 4.79 Å². The van der Waals surface area contributed by atoms with Crippen LogP contribution in [0.15, 0.2) is 10.7 Å². The van der Waals surface area contributed by atoms with Gasteiger partial charge in [-0.25, -0.2) is 0 Å². The highest BCUT2D eigenvalue weighted by atomic mass is 79.9. The molecule has 1 saturated heterocycles. The molecule has 7 nitrogen and oxygen atoms in total. The molecule has 0 saturated carbocycles. The Balaban J connectivity index is 1.62. The van der Waals surface area contributed by atoms with Crippen LogP contribution < -0.4 is 0 Å². The SMILES string of the molecule is Cc1nn(C)c(C(=O)N2CCN(Cc3cnn(C)c3C)CC2)c1Br. The standard InChI is InChI=1S/C16H23BrN6O/c1-11-14(17)15(21(4)19-11)16(24)23-7-5-22(6-8-23)10-13-9-18-20(3)12(13)2/h9H,5-8,10H2,1-4H3. The third-order valence-electron chi connectivity index (χ3n) is 4.74. The van der Waals surface area contributed by atoms with E-state index in [-0.39, 0.29) is 5.91 Å². The van der Waals surface area contributed by atoms with Crippen molar-refractivity contribution in [2.45, 2.75) is 20.4 Å². The minimum absolute atomic E-state index is 0.0437. The Kier molecular flexibility index (Phi) is 4.78. The Labute approximate surface area is 150 Å². The van der Waals surface area contributed by atoms with E-state index in [9.17, 15) is 4.79 Å². The van der Waals surface area contributed by atoms with E-state index in [4.69, 9.17) is 0 Å². The summed E-state index contributed by atoms with van der Waals surface area (Å²) in [4.78, 5) is 17.1. The molecule has 0 radical (unpaired) electrons. The molecule has 2 aromatic heterocycles. The van der Waals surface area contributed by atoms with E-state index in [0.29, 0.717) is 5.69 Å². The van der Waals surface area contributed by atoms with E-state index in [0.717, 1.165) is 42.9 Å². The fourth-order valence-corrected chi connectivity index (χ4v) is 3.57. The molecule has 2 aromatic rings. The summed E-state index contributed by atoms with van der Waals surface area (Å²) in [6.07, 6.45) is 1.93. The molecular formula is C16H23BrN6O. The maximum atomic E-state index is 12.8. The van der Waals surface area contributed by atoms with Crippen LogP contribution in [0.25, 0.3) is 0 Å². The lowest BCUT2D eigenvalue weighted by Crippen LogP contribution is -2.48. The minimum atomic E-state index is 0.0437. The maximum Gasteiger partial charge on any atom is 0.273 e. The molecule has 3 rings (SSSR count). The number of aromatic nitrogens is 4. The van der Waals surface area contributed by atoms with E-state index >= 15 is 0 Å². The molecule has 0 atom stereocenters. The van der Waals surface area contributed by atoms with Crippen LogP contribution in [-0.2, 0) is 20.6 Å². The lowest BCUT2D eigenvalue weighted by atomic mass is 10.2. The smallest absolute Gasteiger partial charge is 0.273 e. The summed E-state index contributed by atoms with van der Waals surface area (Å²) in [5.41, 5.74) is 3.92. The molecule has 0 aliphatic carbocycles. The quantitative estimate of drug-likeness (QED) is 0.790. The van der Waals surface area contributed by atoms with Crippen molar-refractivity contribution in [3.8, 4) is 0 Å². The zero-order valence-electron chi connectivity index (χ0n) is 14.6. The summed E-state index contributed by atoms with van der Waals surface area (Å²) in [5, 5.41) is 8.61. The van der Waals surface area contributed by atoms with Gasteiger partial charge in [-0.1, -0.05) is 0 Å². The number of halogens is 1. The summed E-state index contributed by atoms with van der Waals surface area (Å²) < 4.78 is 4.35. The predicted molar refractivity (Wildman–Crippen MR) is 94.8 cm³/mol. The number of aryl methyl sites for hydroxylation is 3. The van der Waals surface area contributed by atoms with E-state index in [1.807, 2.05) is 36.8 Å². The van der Waals surface area contributed by atoms with E-state index < -0.39 is 0 Å². The third-order valence-corrected chi connectivity index (χ3v) is 5.69. The average Bonchev–Trinajstić information content (AvgIpc) is 3.00. The number of amides is 1. The Morgan fingerprint density at radius 2 is 1.83 bits per heavy atom. The maximum absolute atomic E-state index is 12.8. The van der Waals surface area contributed by atoms with Gasteiger partial charge in [-0.3, -0.25) is 19.1 Å². The first-order chi connectivity index (χ1) is 11.4. The first-order valence-electron chi connectivity index (χ1n) is 8.06. The van der Waals surface area contributed by atoms with Crippen molar-refractivity contribution >= 4 is 21.8 Å². The van der Waals surface area contributed by atoms with Crippen LogP contribution in [0.2, 0.25) is 0 Å². The number of piperazine rings is 1. The Bertz CT molecular complexity index is 757. The lowest BCUT2D eigenvalue weighted by molar-refractivity contribution is 0.0616. The summed E-state index contributed by atoms with van der Waals surface area (Å²) in [6.45, 7) is 8.07. The summed E-state index contributed by atoms with van der Waals surface area (Å²) >= 11 is 3.48. The van der Waals surface area contributed by atoms with Crippen LogP contribution in [-0.4, -0.2) is 61.4 Å². The van der Waals surface area contributed by atoms with E-state index in [1.165, 1.54) is 11.3 Å². The lowest BCUT2D eigenvalue weighted by Gasteiger charge is -2.34. The molecule has 0 aromatic carbocycles. The first-order valence-corrected chi connectivity index (χ1v) is 8.86. The zero-order valence-corrected chi connectivity index (χ0v) is 16.2. The van der Waals surface area contributed by atoms with Crippen molar-refractivity contribution in [1.82, 2.24) is 29.4 Å². The monoisotopic (exact) mass is 394 g/mol. The van der Waals surface area contributed by atoms with Gasteiger partial charge in [0, 0.05) is 58.1 Å². The van der Waals surface area contributed by atoms with Crippen molar-refractivity contribution in [2.75, 3.05) is 26.2 Å². The topological polar surface area (TPSA) is 59.2 Å². The highest BCUT2D eigenvalue weighted by Gasteiger charge is 2.27. The van der Waals surface area contributed by atoms with Crippen LogP contribution in [0, 0.1) is 13.8 Å². The van der Waals surface area contributed by atoms with Gasteiger partial charge >= 0.3 is 0 Å². The van der Waals surface area contributed by atoms with Gasteiger partial charge in [0.2, 0.25) is 0 Å². The Morgan fingerprint density at radius 3 is 2.33 bits per heavy atom. The molecule has 0 unspecified atom stereocenters. The van der Waals surface area contributed by atoms with Gasteiger partial charge in [-0.05, 0) is 29.8 Å². The van der Waals surface area contributed by atoms with Gasteiger partial charge in [0.05, 0.1) is 16.4 Å². The second-order valence-corrected chi connectivity index (χ2v) is 7.11. The molecule has 1 aliphatic heterocycles. The second-order valence-electron chi connectivity index (χ2n) is 6.32. The van der Waals surface area contributed by atoms with Crippen LogP contribution in [0.1, 0.15) is 27.4 Å². The number of nitrogens with zero attached hydrogens (tertiary/aromatic N) is 6. The summed E-state index contributed by atoms with van der Waals surface area (Å²) in [5.74, 6) is 0.0437. The molecule has 0 bridgehead atoms.